The van der Waals surface area contributed by atoms with Gasteiger partial charge in [-0.05, 0) is 19.9 Å². The smallest absolute Gasteiger partial charge is 0.290 e. The molecule has 19 heavy (non-hydrogen) atoms. The van der Waals surface area contributed by atoms with Gasteiger partial charge in [0, 0.05) is 29.6 Å². The van der Waals surface area contributed by atoms with Gasteiger partial charge in [-0.25, -0.2) is 9.97 Å². The Bertz CT molecular complexity index is 597. The first-order valence-electron chi connectivity index (χ1n) is 5.82. The number of hydrogen-bond acceptors (Lipinski definition) is 6. The number of hydrogen-bond donors (Lipinski definition) is 1. The van der Waals surface area contributed by atoms with Crippen LogP contribution in [-0.2, 0) is 6.42 Å². The summed E-state index contributed by atoms with van der Waals surface area (Å²) in [4.78, 5) is 19.7. The molecule has 7 heteroatoms. The van der Waals surface area contributed by atoms with Gasteiger partial charge in [-0.15, -0.1) is 11.3 Å². The molecule has 100 valence electrons. The highest BCUT2D eigenvalue weighted by Gasteiger charge is 2.11. The Morgan fingerprint density at radius 2 is 2.16 bits per heavy atom. The Labute approximate surface area is 114 Å². The molecule has 0 aliphatic rings. The van der Waals surface area contributed by atoms with Crippen molar-refractivity contribution < 1.29 is 4.92 Å². The molecule has 2 heterocycles. The van der Waals surface area contributed by atoms with E-state index >= 15 is 0 Å². The monoisotopic (exact) mass is 278 g/mol. The summed E-state index contributed by atoms with van der Waals surface area (Å²) >= 11 is 1.67. The lowest BCUT2D eigenvalue weighted by atomic mass is 10.2. The van der Waals surface area contributed by atoms with Crippen molar-refractivity contribution in [2.75, 3.05) is 11.9 Å². The van der Waals surface area contributed by atoms with Gasteiger partial charge in [0.1, 0.15) is 12.0 Å². The van der Waals surface area contributed by atoms with E-state index in [9.17, 15) is 10.1 Å². The molecule has 0 aliphatic heterocycles. The van der Waals surface area contributed by atoms with Crippen LogP contribution in [0.25, 0.3) is 0 Å². The van der Waals surface area contributed by atoms with Crippen molar-refractivity contribution >= 4 is 22.8 Å². The van der Waals surface area contributed by atoms with Gasteiger partial charge in [0.15, 0.2) is 0 Å². The standard InChI is InChI=1S/C12H14N4O2S/c1-8-5-11(14-7-10(8)16(17)18)13-4-3-12-15-6-9(2)19-12/h5-7H,3-4H2,1-2H3,(H,13,14). The average Bonchev–Trinajstić information content (AvgIpc) is 2.75. The van der Waals surface area contributed by atoms with E-state index in [4.69, 9.17) is 0 Å². The first kappa shape index (κ1) is 13.4. The maximum Gasteiger partial charge on any atom is 0.290 e. The minimum Gasteiger partial charge on any atom is -0.370 e. The molecule has 0 atom stereocenters. The molecule has 2 rings (SSSR count). The molecule has 0 bridgehead atoms. The summed E-state index contributed by atoms with van der Waals surface area (Å²) in [6.45, 7) is 4.43. The number of pyridine rings is 1. The quantitative estimate of drug-likeness (QED) is 0.671. The van der Waals surface area contributed by atoms with Crippen LogP contribution in [0, 0.1) is 24.0 Å². The normalized spacial score (nSPS) is 10.4. The van der Waals surface area contributed by atoms with Crippen LogP contribution < -0.4 is 5.32 Å². The Balaban J connectivity index is 1.93. The van der Waals surface area contributed by atoms with Gasteiger partial charge in [-0.1, -0.05) is 0 Å². The van der Waals surface area contributed by atoms with E-state index in [0.717, 1.165) is 11.4 Å². The summed E-state index contributed by atoms with van der Waals surface area (Å²) in [5.74, 6) is 0.649. The lowest BCUT2D eigenvalue weighted by molar-refractivity contribution is -0.385. The zero-order valence-electron chi connectivity index (χ0n) is 10.7. The number of thiazole rings is 1. The van der Waals surface area contributed by atoms with Crippen LogP contribution in [0.15, 0.2) is 18.5 Å². The predicted molar refractivity (Wildman–Crippen MR) is 74.7 cm³/mol. The van der Waals surface area contributed by atoms with E-state index in [-0.39, 0.29) is 5.69 Å². The topological polar surface area (TPSA) is 81.0 Å². The van der Waals surface area contributed by atoms with Crippen LogP contribution in [0.5, 0.6) is 0 Å². The molecule has 0 aliphatic carbocycles. The van der Waals surface area contributed by atoms with Crippen molar-refractivity contribution in [3.63, 3.8) is 0 Å². The lowest BCUT2D eigenvalue weighted by Gasteiger charge is -2.05. The highest BCUT2D eigenvalue weighted by atomic mass is 32.1. The summed E-state index contributed by atoms with van der Waals surface area (Å²) in [6, 6.07) is 1.69. The van der Waals surface area contributed by atoms with Gasteiger partial charge in [0.05, 0.1) is 9.93 Å². The molecule has 0 unspecified atom stereocenters. The molecule has 1 N–H and O–H groups in total. The molecular formula is C12H14N4O2S. The van der Waals surface area contributed by atoms with Crippen molar-refractivity contribution in [3.8, 4) is 0 Å². The highest BCUT2D eigenvalue weighted by Crippen LogP contribution is 2.19. The summed E-state index contributed by atoms with van der Waals surface area (Å²) < 4.78 is 0. The fourth-order valence-electron chi connectivity index (χ4n) is 1.65. The maximum absolute atomic E-state index is 10.7. The van der Waals surface area contributed by atoms with E-state index in [2.05, 4.69) is 15.3 Å². The number of anilines is 1. The minimum atomic E-state index is -0.426. The number of nitrogens with one attached hydrogen (secondary N) is 1. The van der Waals surface area contributed by atoms with Crippen molar-refractivity contribution in [2.24, 2.45) is 0 Å². The SMILES string of the molecule is Cc1cnc(CCNc2cc(C)c([N+](=O)[O-])cn2)s1. The molecule has 0 radical (unpaired) electrons. The molecule has 0 amide bonds. The molecule has 0 saturated heterocycles. The highest BCUT2D eigenvalue weighted by molar-refractivity contribution is 7.11. The molecule has 6 nitrogen and oxygen atoms in total. The zero-order chi connectivity index (χ0) is 13.8. The van der Waals surface area contributed by atoms with E-state index in [1.54, 1.807) is 24.3 Å². The zero-order valence-corrected chi connectivity index (χ0v) is 11.5. The Morgan fingerprint density at radius 1 is 1.37 bits per heavy atom. The summed E-state index contributed by atoms with van der Waals surface area (Å²) in [5.41, 5.74) is 0.647. The van der Waals surface area contributed by atoms with Crippen molar-refractivity contribution in [2.45, 2.75) is 20.3 Å². The first-order chi connectivity index (χ1) is 9.06. The van der Waals surface area contributed by atoms with E-state index in [1.165, 1.54) is 11.1 Å². The van der Waals surface area contributed by atoms with Crippen LogP contribution in [0.4, 0.5) is 11.5 Å². The minimum absolute atomic E-state index is 0.0427. The largest absolute Gasteiger partial charge is 0.370 e. The fraction of sp³-hybridized carbons (Fsp3) is 0.333. The average molecular weight is 278 g/mol. The predicted octanol–water partition coefficient (Wildman–Crippen LogP) is 2.72. The third-order valence-electron chi connectivity index (χ3n) is 2.59. The van der Waals surface area contributed by atoms with Crippen LogP contribution in [-0.4, -0.2) is 21.4 Å². The van der Waals surface area contributed by atoms with Gasteiger partial charge in [0.2, 0.25) is 0 Å². The van der Waals surface area contributed by atoms with Crippen molar-refractivity contribution in [3.05, 3.63) is 44.0 Å². The van der Waals surface area contributed by atoms with Crippen LogP contribution in [0.3, 0.4) is 0 Å². The third-order valence-corrected chi connectivity index (χ3v) is 3.57. The maximum atomic E-state index is 10.7. The number of aromatic nitrogens is 2. The van der Waals surface area contributed by atoms with Crippen molar-refractivity contribution in [1.82, 2.24) is 9.97 Å². The Hall–Kier alpha value is -2.02. The molecule has 2 aromatic heterocycles. The number of aryl methyl sites for hydroxylation is 2. The molecule has 0 saturated carbocycles. The van der Waals surface area contributed by atoms with Gasteiger partial charge in [-0.2, -0.15) is 0 Å². The van der Waals surface area contributed by atoms with E-state index in [0.29, 0.717) is 17.9 Å². The van der Waals surface area contributed by atoms with Crippen LogP contribution in [0.2, 0.25) is 0 Å². The Kier molecular flexibility index (Phi) is 4.06. The van der Waals surface area contributed by atoms with Gasteiger partial charge >= 0.3 is 0 Å². The van der Waals surface area contributed by atoms with Crippen LogP contribution >= 0.6 is 11.3 Å². The fourth-order valence-corrected chi connectivity index (χ4v) is 2.44. The molecule has 2 aromatic rings. The third kappa shape index (κ3) is 3.47. The summed E-state index contributed by atoms with van der Waals surface area (Å²) in [6.07, 6.45) is 3.95. The van der Waals surface area contributed by atoms with Gasteiger partial charge in [-0.3, -0.25) is 10.1 Å². The first-order valence-corrected chi connectivity index (χ1v) is 6.64. The van der Waals surface area contributed by atoms with E-state index in [1.807, 2.05) is 13.1 Å². The number of nitro groups is 1. The molecule has 0 fully saturated rings. The van der Waals surface area contributed by atoms with Gasteiger partial charge < -0.3 is 5.32 Å². The van der Waals surface area contributed by atoms with E-state index < -0.39 is 4.92 Å². The second kappa shape index (κ2) is 5.75. The second-order valence-electron chi connectivity index (χ2n) is 4.15. The van der Waals surface area contributed by atoms with Crippen molar-refractivity contribution in [1.29, 1.82) is 0 Å². The molecule has 0 aromatic carbocycles. The lowest BCUT2D eigenvalue weighted by Crippen LogP contribution is -2.06. The summed E-state index contributed by atoms with van der Waals surface area (Å²) in [5, 5.41) is 14.9. The number of nitrogens with zero attached hydrogens (tertiary/aromatic N) is 3. The second-order valence-corrected chi connectivity index (χ2v) is 5.47. The molecule has 0 spiro atoms. The Morgan fingerprint density at radius 3 is 2.74 bits per heavy atom. The summed E-state index contributed by atoms with van der Waals surface area (Å²) in [7, 11) is 0. The van der Waals surface area contributed by atoms with Crippen LogP contribution in [0.1, 0.15) is 15.4 Å². The molecular weight excluding hydrogens is 264 g/mol. The van der Waals surface area contributed by atoms with Gasteiger partial charge in [0.25, 0.3) is 5.69 Å². The number of rotatable bonds is 5.